The molecule has 0 aliphatic rings. The Balaban J connectivity index is 2.43. The highest BCUT2D eigenvalue weighted by molar-refractivity contribution is 5.34. The number of benzene rings is 1. The number of nitrogens with zero attached hydrogens (tertiary/aromatic N) is 2. The van der Waals surface area contributed by atoms with Crippen LogP contribution in [0.3, 0.4) is 0 Å². The summed E-state index contributed by atoms with van der Waals surface area (Å²) in [5.74, 6) is 0.821. The van der Waals surface area contributed by atoms with E-state index in [2.05, 4.69) is 38.7 Å². The minimum Gasteiger partial charge on any atom is -0.492 e. The van der Waals surface area contributed by atoms with Crippen LogP contribution < -0.4 is 4.74 Å². The van der Waals surface area contributed by atoms with Gasteiger partial charge in [-0.15, -0.1) is 0 Å². The van der Waals surface area contributed by atoms with Gasteiger partial charge in [0, 0.05) is 18.6 Å². The molecule has 0 unspecified atom stereocenters. The average molecular weight is 246 g/mol. The highest BCUT2D eigenvalue weighted by Gasteiger charge is 2.12. The van der Waals surface area contributed by atoms with Crippen LogP contribution in [0.2, 0.25) is 0 Å². The van der Waals surface area contributed by atoms with Gasteiger partial charge in [0.2, 0.25) is 0 Å². The largest absolute Gasteiger partial charge is 0.492 e. The topological polar surface area (TPSA) is 36.3 Å². The molecule has 1 aromatic rings. The van der Waals surface area contributed by atoms with Crippen LogP contribution in [0.1, 0.15) is 33.3 Å². The highest BCUT2D eigenvalue weighted by atomic mass is 16.5. The molecule has 0 spiro atoms. The summed E-state index contributed by atoms with van der Waals surface area (Å²) >= 11 is 0. The van der Waals surface area contributed by atoms with Crippen molar-refractivity contribution in [2.45, 2.75) is 39.8 Å². The van der Waals surface area contributed by atoms with E-state index in [1.807, 2.05) is 12.1 Å². The molecule has 98 valence electrons. The van der Waals surface area contributed by atoms with Crippen molar-refractivity contribution in [3.63, 3.8) is 0 Å². The fourth-order valence-corrected chi connectivity index (χ4v) is 2.01. The predicted molar refractivity (Wildman–Crippen MR) is 73.6 cm³/mol. The van der Waals surface area contributed by atoms with Crippen LogP contribution in [0.4, 0.5) is 0 Å². The highest BCUT2D eigenvalue weighted by Crippen LogP contribution is 2.12. The number of hydrogen-bond acceptors (Lipinski definition) is 3. The Morgan fingerprint density at radius 2 is 1.67 bits per heavy atom. The SMILES string of the molecule is CC(C)N(CCOc1ccc(C#N)cc1)C(C)C. The zero-order chi connectivity index (χ0) is 13.5. The molecule has 0 fully saturated rings. The molecular formula is C15H22N2O. The van der Waals surface area contributed by atoms with Gasteiger partial charge in [-0.3, -0.25) is 4.90 Å². The number of nitriles is 1. The lowest BCUT2D eigenvalue weighted by atomic mass is 10.2. The van der Waals surface area contributed by atoms with Crippen molar-refractivity contribution in [2.24, 2.45) is 0 Å². The first-order valence-electron chi connectivity index (χ1n) is 6.43. The fraction of sp³-hybridized carbons (Fsp3) is 0.533. The first kappa shape index (κ1) is 14.5. The number of hydrogen-bond donors (Lipinski definition) is 0. The Labute approximate surface area is 110 Å². The summed E-state index contributed by atoms with van der Waals surface area (Å²) < 4.78 is 5.69. The second-order valence-corrected chi connectivity index (χ2v) is 4.91. The Hall–Kier alpha value is -1.53. The average Bonchev–Trinajstić information content (AvgIpc) is 2.34. The van der Waals surface area contributed by atoms with Crippen molar-refractivity contribution in [3.05, 3.63) is 29.8 Å². The minimum absolute atomic E-state index is 0.523. The van der Waals surface area contributed by atoms with Gasteiger partial charge < -0.3 is 4.74 Å². The summed E-state index contributed by atoms with van der Waals surface area (Å²) in [6, 6.07) is 10.4. The quantitative estimate of drug-likeness (QED) is 0.774. The van der Waals surface area contributed by atoms with E-state index in [9.17, 15) is 0 Å². The van der Waals surface area contributed by atoms with Gasteiger partial charge in [0.15, 0.2) is 0 Å². The van der Waals surface area contributed by atoms with Gasteiger partial charge in [-0.1, -0.05) is 0 Å². The lowest BCUT2D eigenvalue weighted by Gasteiger charge is -2.30. The van der Waals surface area contributed by atoms with E-state index in [0.29, 0.717) is 24.3 Å². The number of rotatable bonds is 6. The Kier molecular flexibility index (Phi) is 5.67. The maximum absolute atomic E-state index is 8.70. The van der Waals surface area contributed by atoms with Gasteiger partial charge in [-0.05, 0) is 52.0 Å². The monoisotopic (exact) mass is 246 g/mol. The van der Waals surface area contributed by atoms with Crippen LogP contribution in [0.25, 0.3) is 0 Å². The molecule has 0 radical (unpaired) electrons. The molecule has 18 heavy (non-hydrogen) atoms. The zero-order valence-electron chi connectivity index (χ0n) is 11.7. The Bertz CT molecular complexity index is 382. The normalized spacial score (nSPS) is 11.0. The van der Waals surface area contributed by atoms with E-state index in [-0.39, 0.29) is 0 Å². The molecule has 1 aromatic carbocycles. The third-order valence-electron chi connectivity index (χ3n) is 2.93. The molecule has 0 heterocycles. The van der Waals surface area contributed by atoms with Crippen molar-refractivity contribution in [2.75, 3.05) is 13.2 Å². The van der Waals surface area contributed by atoms with Crippen molar-refractivity contribution >= 4 is 0 Å². The van der Waals surface area contributed by atoms with Gasteiger partial charge >= 0.3 is 0 Å². The summed E-state index contributed by atoms with van der Waals surface area (Å²) in [4.78, 5) is 2.39. The van der Waals surface area contributed by atoms with Crippen LogP contribution in [0, 0.1) is 11.3 Å². The Morgan fingerprint density at radius 3 is 2.11 bits per heavy atom. The van der Waals surface area contributed by atoms with Gasteiger partial charge in [-0.25, -0.2) is 0 Å². The second kappa shape index (κ2) is 7.03. The standard InChI is InChI=1S/C15H22N2O/c1-12(2)17(13(3)4)9-10-18-15-7-5-14(11-16)6-8-15/h5-8,12-13H,9-10H2,1-4H3. The van der Waals surface area contributed by atoms with Gasteiger partial charge in [0.05, 0.1) is 11.6 Å². The van der Waals surface area contributed by atoms with Crippen LogP contribution in [0.15, 0.2) is 24.3 Å². The van der Waals surface area contributed by atoms with Crippen molar-refractivity contribution in [1.82, 2.24) is 4.90 Å². The van der Waals surface area contributed by atoms with Crippen molar-refractivity contribution < 1.29 is 4.74 Å². The van der Waals surface area contributed by atoms with E-state index < -0.39 is 0 Å². The van der Waals surface area contributed by atoms with Crippen molar-refractivity contribution in [1.29, 1.82) is 5.26 Å². The molecule has 3 heteroatoms. The number of ether oxygens (including phenoxy) is 1. The second-order valence-electron chi connectivity index (χ2n) is 4.91. The summed E-state index contributed by atoms with van der Waals surface area (Å²) in [6.45, 7) is 10.4. The molecule has 0 amide bonds. The lowest BCUT2D eigenvalue weighted by molar-refractivity contribution is 0.142. The van der Waals surface area contributed by atoms with E-state index in [4.69, 9.17) is 10.00 Å². The summed E-state index contributed by atoms with van der Waals surface area (Å²) in [5.41, 5.74) is 0.660. The molecular weight excluding hydrogens is 224 g/mol. The van der Waals surface area contributed by atoms with Crippen LogP contribution >= 0.6 is 0 Å². The van der Waals surface area contributed by atoms with Crippen LogP contribution in [-0.4, -0.2) is 30.1 Å². The maximum Gasteiger partial charge on any atom is 0.119 e. The molecule has 0 atom stereocenters. The third-order valence-corrected chi connectivity index (χ3v) is 2.93. The maximum atomic E-state index is 8.70. The minimum atomic E-state index is 0.523. The summed E-state index contributed by atoms with van der Waals surface area (Å²) in [5, 5.41) is 8.70. The lowest BCUT2D eigenvalue weighted by Crippen LogP contribution is -2.39. The smallest absolute Gasteiger partial charge is 0.119 e. The first-order valence-corrected chi connectivity index (χ1v) is 6.43. The van der Waals surface area contributed by atoms with Gasteiger partial charge in [0.1, 0.15) is 12.4 Å². The third kappa shape index (κ3) is 4.38. The van der Waals surface area contributed by atoms with Crippen LogP contribution in [0.5, 0.6) is 5.75 Å². The van der Waals surface area contributed by atoms with E-state index in [0.717, 1.165) is 12.3 Å². The Morgan fingerprint density at radius 1 is 1.11 bits per heavy atom. The molecule has 0 N–H and O–H groups in total. The fourth-order valence-electron chi connectivity index (χ4n) is 2.01. The molecule has 0 saturated carbocycles. The van der Waals surface area contributed by atoms with E-state index in [1.165, 1.54) is 0 Å². The molecule has 3 nitrogen and oxygen atoms in total. The molecule has 1 rings (SSSR count). The molecule has 0 aliphatic heterocycles. The molecule has 0 aromatic heterocycles. The van der Waals surface area contributed by atoms with Gasteiger partial charge in [0.25, 0.3) is 0 Å². The molecule has 0 aliphatic carbocycles. The van der Waals surface area contributed by atoms with Crippen LogP contribution in [-0.2, 0) is 0 Å². The van der Waals surface area contributed by atoms with E-state index >= 15 is 0 Å². The van der Waals surface area contributed by atoms with Gasteiger partial charge in [-0.2, -0.15) is 5.26 Å². The summed E-state index contributed by atoms with van der Waals surface area (Å²) in [7, 11) is 0. The van der Waals surface area contributed by atoms with E-state index in [1.54, 1.807) is 12.1 Å². The first-order chi connectivity index (χ1) is 8.54. The molecule has 0 saturated heterocycles. The zero-order valence-corrected chi connectivity index (χ0v) is 11.7. The predicted octanol–water partition coefficient (Wildman–Crippen LogP) is 3.06. The summed E-state index contributed by atoms with van der Waals surface area (Å²) in [6.07, 6.45) is 0. The molecule has 0 bridgehead atoms. The van der Waals surface area contributed by atoms with Crippen molar-refractivity contribution in [3.8, 4) is 11.8 Å².